The molecule has 4 N–H and O–H groups in total. The number of aliphatic carboxylic acids is 1. The molecule has 2 fully saturated rings. The van der Waals surface area contributed by atoms with Crippen molar-refractivity contribution in [3.05, 3.63) is 0 Å². The van der Waals surface area contributed by atoms with Gasteiger partial charge < -0.3 is 16.2 Å². The maximum Gasteiger partial charge on any atom is 0.311 e. The average molecular weight is 268 g/mol. The highest BCUT2D eigenvalue weighted by atomic mass is 16.4. The number of carboxylic acid groups (broad SMARTS) is 1. The quantitative estimate of drug-likeness (QED) is 0.715. The first-order valence-electron chi connectivity index (χ1n) is 7.11. The van der Waals surface area contributed by atoms with Crippen LogP contribution in [0.4, 0.5) is 0 Å². The van der Waals surface area contributed by atoms with Gasteiger partial charge in [-0.2, -0.15) is 0 Å². The summed E-state index contributed by atoms with van der Waals surface area (Å²) in [4.78, 5) is 23.8. The van der Waals surface area contributed by atoms with Crippen LogP contribution in [0, 0.1) is 11.3 Å². The predicted molar refractivity (Wildman–Crippen MR) is 71.5 cm³/mol. The van der Waals surface area contributed by atoms with Crippen LogP contribution >= 0.6 is 0 Å². The number of amides is 1. The molecule has 0 aliphatic heterocycles. The number of hydrogen-bond donors (Lipinski definition) is 3. The molecule has 2 aliphatic rings. The third kappa shape index (κ3) is 2.61. The first-order valence-corrected chi connectivity index (χ1v) is 7.11. The molecule has 0 spiro atoms. The van der Waals surface area contributed by atoms with Gasteiger partial charge in [-0.1, -0.05) is 12.8 Å². The van der Waals surface area contributed by atoms with Gasteiger partial charge in [0.05, 0.1) is 11.0 Å². The van der Waals surface area contributed by atoms with Crippen molar-refractivity contribution in [1.82, 2.24) is 5.32 Å². The van der Waals surface area contributed by atoms with Crippen LogP contribution in [-0.2, 0) is 9.59 Å². The lowest BCUT2D eigenvalue weighted by molar-refractivity contribution is -0.152. The van der Waals surface area contributed by atoms with Gasteiger partial charge in [0.2, 0.25) is 5.91 Å². The second kappa shape index (κ2) is 4.78. The van der Waals surface area contributed by atoms with Crippen LogP contribution in [0.2, 0.25) is 0 Å². The minimum atomic E-state index is -0.868. The average Bonchev–Trinajstić information content (AvgIpc) is 3.16. The molecule has 0 aromatic carbocycles. The summed E-state index contributed by atoms with van der Waals surface area (Å²) in [5.74, 6) is -0.788. The van der Waals surface area contributed by atoms with Crippen LogP contribution in [0.1, 0.15) is 52.4 Å². The van der Waals surface area contributed by atoms with Gasteiger partial charge >= 0.3 is 5.97 Å². The Morgan fingerprint density at radius 3 is 2.47 bits per heavy atom. The van der Waals surface area contributed by atoms with Gasteiger partial charge in [0.1, 0.15) is 0 Å². The highest BCUT2D eigenvalue weighted by Crippen LogP contribution is 2.40. The molecule has 1 amide bonds. The molecular weight excluding hydrogens is 244 g/mol. The molecule has 3 unspecified atom stereocenters. The van der Waals surface area contributed by atoms with Gasteiger partial charge in [0.15, 0.2) is 0 Å². The molecule has 2 rings (SSSR count). The fourth-order valence-corrected chi connectivity index (χ4v) is 3.00. The third-order valence-electron chi connectivity index (χ3n) is 4.92. The Hall–Kier alpha value is -1.10. The van der Waals surface area contributed by atoms with Crippen molar-refractivity contribution in [2.75, 3.05) is 0 Å². The summed E-state index contributed by atoms with van der Waals surface area (Å²) in [5.41, 5.74) is 4.36. The van der Waals surface area contributed by atoms with Crippen molar-refractivity contribution >= 4 is 11.9 Å². The molecular formula is C14H24N2O3. The van der Waals surface area contributed by atoms with Crippen molar-refractivity contribution in [3.63, 3.8) is 0 Å². The Kier molecular flexibility index (Phi) is 3.60. The molecule has 5 nitrogen and oxygen atoms in total. The molecule has 2 saturated carbocycles. The lowest BCUT2D eigenvalue weighted by Gasteiger charge is -2.39. The second-order valence-electron chi connectivity index (χ2n) is 6.55. The second-order valence-corrected chi connectivity index (χ2v) is 6.55. The summed E-state index contributed by atoms with van der Waals surface area (Å²) in [5, 5.41) is 12.3. The monoisotopic (exact) mass is 268 g/mol. The molecule has 0 radical (unpaired) electrons. The van der Waals surface area contributed by atoms with Gasteiger partial charge in [-0.05, 0) is 45.4 Å². The van der Waals surface area contributed by atoms with Crippen molar-refractivity contribution in [3.8, 4) is 0 Å². The summed E-state index contributed by atoms with van der Waals surface area (Å²) in [7, 11) is 0. The zero-order chi connectivity index (χ0) is 14.3. The lowest BCUT2D eigenvalue weighted by atomic mass is 9.71. The van der Waals surface area contributed by atoms with E-state index in [9.17, 15) is 14.7 Å². The molecule has 0 aromatic heterocycles. The number of carbonyl (C=O) groups excluding carboxylic acids is 1. The number of nitrogens with two attached hydrogens (primary N) is 1. The van der Waals surface area contributed by atoms with Gasteiger partial charge in [0, 0.05) is 6.04 Å². The van der Waals surface area contributed by atoms with E-state index in [4.69, 9.17) is 5.73 Å². The molecule has 0 heterocycles. The SMILES string of the molecule is CC(N)(C(=O)NC1CCCCC1(C)C(=O)O)C1CC1. The highest BCUT2D eigenvalue weighted by molar-refractivity contribution is 5.87. The van der Waals surface area contributed by atoms with Crippen LogP contribution in [-0.4, -0.2) is 28.6 Å². The molecule has 0 aromatic rings. The molecule has 0 bridgehead atoms. The summed E-state index contributed by atoms with van der Waals surface area (Å²) >= 11 is 0. The van der Waals surface area contributed by atoms with Crippen molar-refractivity contribution < 1.29 is 14.7 Å². The molecule has 3 atom stereocenters. The van der Waals surface area contributed by atoms with E-state index in [0.29, 0.717) is 6.42 Å². The van der Waals surface area contributed by atoms with E-state index in [1.165, 1.54) is 0 Å². The van der Waals surface area contributed by atoms with Crippen molar-refractivity contribution in [2.45, 2.75) is 64.0 Å². The normalized spacial score (nSPS) is 34.4. The highest BCUT2D eigenvalue weighted by Gasteiger charge is 2.48. The molecule has 19 heavy (non-hydrogen) atoms. The number of hydrogen-bond acceptors (Lipinski definition) is 3. The Labute approximate surface area is 113 Å². The van der Waals surface area contributed by atoms with E-state index >= 15 is 0 Å². The van der Waals surface area contributed by atoms with E-state index in [2.05, 4.69) is 5.32 Å². The number of carboxylic acids is 1. The van der Waals surface area contributed by atoms with Crippen molar-refractivity contribution in [1.29, 1.82) is 0 Å². The fourth-order valence-electron chi connectivity index (χ4n) is 3.00. The lowest BCUT2D eigenvalue weighted by Crippen LogP contribution is -2.60. The fraction of sp³-hybridized carbons (Fsp3) is 0.857. The van der Waals surface area contributed by atoms with E-state index in [1.54, 1.807) is 13.8 Å². The van der Waals surface area contributed by atoms with Crippen molar-refractivity contribution in [2.24, 2.45) is 17.1 Å². The summed E-state index contributed by atoms with van der Waals surface area (Å²) in [6.07, 6.45) is 5.16. The van der Waals surface area contributed by atoms with E-state index in [-0.39, 0.29) is 17.9 Å². The molecule has 0 saturated heterocycles. The van der Waals surface area contributed by atoms with E-state index < -0.39 is 16.9 Å². The molecule has 2 aliphatic carbocycles. The minimum absolute atomic E-state index is 0.200. The summed E-state index contributed by atoms with van der Waals surface area (Å²) < 4.78 is 0. The first kappa shape index (κ1) is 14.3. The summed E-state index contributed by atoms with van der Waals surface area (Å²) in [6.45, 7) is 3.48. The van der Waals surface area contributed by atoms with E-state index in [0.717, 1.165) is 32.1 Å². The zero-order valence-corrected chi connectivity index (χ0v) is 11.7. The topological polar surface area (TPSA) is 92.4 Å². The van der Waals surface area contributed by atoms with Gasteiger partial charge in [0.25, 0.3) is 0 Å². The van der Waals surface area contributed by atoms with Crippen LogP contribution in [0.25, 0.3) is 0 Å². The maximum absolute atomic E-state index is 12.3. The van der Waals surface area contributed by atoms with E-state index in [1.807, 2.05) is 0 Å². The van der Waals surface area contributed by atoms with Gasteiger partial charge in [-0.3, -0.25) is 9.59 Å². The largest absolute Gasteiger partial charge is 0.481 e. The van der Waals surface area contributed by atoms with Crippen LogP contribution in [0.3, 0.4) is 0 Å². The van der Waals surface area contributed by atoms with Crippen LogP contribution in [0.15, 0.2) is 0 Å². The van der Waals surface area contributed by atoms with Gasteiger partial charge in [-0.25, -0.2) is 0 Å². The molecule has 108 valence electrons. The Bertz CT molecular complexity index is 390. The first-order chi connectivity index (χ1) is 8.78. The number of nitrogens with one attached hydrogen (secondary N) is 1. The third-order valence-corrected chi connectivity index (χ3v) is 4.92. The van der Waals surface area contributed by atoms with Crippen LogP contribution < -0.4 is 11.1 Å². The summed E-state index contributed by atoms with van der Waals surface area (Å²) in [6, 6.07) is -0.312. The minimum Gasteiger partial charge on any atom is -0.481 e. The standard InChI is InChI=1S/C14H24N2O3/c1-13(12(18)19)8-4-3-5-10(13)16-11(17)14(2,15)9-6-7-9/h9-10H,3-8,15H2,1-2H3,(H,16,17)(H,18,19). The zero-order valence-electron chi connectivity index (χ0n) is 11.7. The maximum atomic E-state index is 12.3. The number of carbonyl (C=O) groups is 2. The Morgan fingerprint density at radius 2 is 1.95 bits per heavy atom. The smallest absolute Gasteiger partial charge is 0.311 e. The Balaban J connectivity index is 2.07. The Morgan fingerprint density at radius 1 is 1.32 bits per heavy atom. The van der Waals surface area contributed by atoms with Crippen LogP contribution in [0.5, 0.6) is 0 Å². The van der Waals surface area contributed by atoms with Gasteiger partial charge in [-0.15, -0.1) is 0 Å². The predicted octanol–water partition coefficient (Wildman–Crippen LogP) is 1.26. The molecule has 5 heteroatoms. The number of rotatable bonds is 4.